The molecule has 0 spiro atoms. The summed E-state index contributed by atoms with van der Waals surface area (Å²) >= 11 is 0. The van der Waals surface area contributed by atoms with Gasteiger partial charge in [0.1, 0.15) is 11.0 Å². The molecule has 4 nitrogen and oxygen atoms in total. The van der Waals surface area contributed by atoms with Gasteiger partial charge >= 0.3 is 0 Å². The van der Waals surface area contributed by atoms with E-state index in [1.807, 2.05) is 31.2 Å². The van der Waals surface area contributed by atoms with Gasteiger partial charge in [-0.2, -0.15) is 0 Å². The first kappa shape index (κ1) is 15.5. The maximum atomic E-state index is 12.8. The summed E-state index contributed by atoms with van der Waals surface area (Å²) in [7, 11) is -1.92. The van der Waals surface area contributed by atoms with Crippen molar-refractivity contribution >= 4 is 9.84 Å². The minimum absolute atomic E-state index is 0.291. The van der Waals surface area contributed by atoms with Crippen molar-refractivity contribution in [3.63, 3.8) is 0 Å². The molecule has 0 bridgehead atoms. The van der Waals surface area contributed by atoms with Gasteiger partial charge < -0.3 is 10.5 Å². The summed E-state index contributed by atoms with van der Waals surface area (Å²) in [6.45, 7) is 2.21. The third-order valence-electron chi connectivity index (χ3n) is 3.56. The molecule has 1 atom stereocenters. The zero-order valence-electron chi connectivity index (χ0n) is 12.2. The van der Waals surface area contributed by atoms with Gasteiger partial charge in [0.25, 0.3) is 0 Å². The van der Waals surface area contributed by atoms with Crippen LogP contribution in [0.4, 0.5) is 0 Å². The molecule has 2 aromatic carbocycles. The van der Waals surface area contributed by atoms with Gasteiger partial charge in [-0.05, 0) is 42.3 Å². The third kappa shape index (κ3) is 3.09. The van der Waals surface area contributed by atoms with Gasteiger partial charge in [-0.25, -0.2) is 8.42 Å². The van der Waals surface area contributed by atoms with Crippen molar-refractivity contribution in [1.29, 1.82) is 0 Å². The first-order valence-corrected chi connectivity index (χ1v) is 8.28. The van der Waals surface area contributed by atoms with Crippen LogP contribution in [-0.2, 0) is 9.84 Å². The summed E-state index contributed by atoms with van der Waals surface area (Å²) in [6, 6.07) is 14.0. The Hall–Kier alpha value is -1.85. The van der Waals surface area contributed by atoms with Crippen LogP contribution in [0.1, 0.15) is 16.4 Å². The predicted octanol–water partition coefficient (Wildman–Crippen LogP) is 1.76. The molecule has 0 radical (unpaired) electrons. The molecule has 5 heteroatoms. The molecule has 112 valence electrons. The molecule has 0 aliphatic rings. The number of ether oxygens (including phenoxy) is 1. The fourth-order valence-electron chi connectivity index (χ4n) is 2.36. The van der Waals surface area contributed by atoms with E-state index in [9.17, 15) is 8.42 Å². The van der Waals surface area contributed by atoms with Crippen LogP contribution in [0.5, 0.6) is 5.75 Å². The van der Waals surface area contributed by atoms with Crippen LogP contribution in [0.3, 0.4) is 0 Å². The number of hydrogen-bond donors (Lipinski definition) is 1. The van der Waals surface area contributed by atoms with Crippen LogP contribution in [0.25, 0.3) is 0 Å². The second kappa shape index (κ2) is 6.28. The fraction of sp³-hybridized carbons (Fsp3) is 0.250. The fourth-order valence-corrected chi connectivity index (χ4v) is 4.11. The van der Waals surface area contributed by atoms with E-state index < -0.39 is 15.1 Å². The van der Waals surface area contributed by atoms with Crippen LogP contribution in [0, 0.1) is 6.92 Å². The Morgan fingerprint density at radius 2 is 1.71 bits per heavy atom. The topological polar surface area (TPSA) is 71.0 Å². The van der Waals surface area contributed by atoms with Gasteiger partial charge in [0, 0.05) is 0 Å². The SMILES string of the molecule is COc1ccc(S(=O)(=O)[C@H](C[NH3+])c2ccccc2C)cc1. The van der Waals surface area contributed by atoms with Gasteiger partial charge in [-0.15, -0.1) is 0 Å². The molecule has 0 fully saturated rings. The number of benzene rings is 2. The van der Waals surface area contributed by atoms with Crippen LogP contribution >= 0.6 is 0 Å². The Morgan fingerprint density at radius 3 is 2.24 bits per heavy atom. The maximum absolute atomic E-state index is 12.8. The van der Waals surface area contributed by atoms with Crippen molar-refractivity contribution in [3.8, 4) is 5.75 Å². The highest BCUT2D eigenvalue weighted by atomic mass is 32.2. The zero-order valence-corrected chi connectivity index (χ0v) is 13.1. The highest BCUT2D eigenvalue weighted by molar-refractivity contribution is 7.91. The van der Waals surface area contributed by atoms with Gasteiger partial charge in [-0.1, -0.05) is 24.3 Å². The molecule has 0 amide bonds. The van der Waals surface area contributed by atoms with E-state index in [1.165, 1.54) is 0 Å². The number of hydrogen-bond acceptors (Lipinski definition) is 3. The van der Waals surface area contributed by atoms with E-state index >= 15 is 0 Å². The van der Waals surface area contributed by atoms with E-state index in [0.717, 1.165) is 11.1 Å². The normalized spacial score (nSPS) is 12.9. The Kier molecular flexibility index (Phi) is 4.65. The van der Waals surface area contributed by atoms with Crippen molar-refractivity contribution in [3.05, 3.63) is 59.7 Å². The first-order valence-electron chi connectivity index (χ1n) is 6.73. The Balaban J connectivity index is 2.47. The van der Waals surface area contributed by atoms with E-state index in [-0.39, 0.29) is 0 Å². The van der Waals surface area contributed by atoms with Gasteiger partial charge in [0.2, 0.25) is 0 Å². The van der Waals surface area contributed by atoms with Gasteiger partial charge in [0.05, 0.1) is 18.6 Å². The Bertz CT molecular complexity index is 709. The Morgan fingerprint density at radius 1 is 1.10 bits per heavy atom. The lowest BCUT2D eigenvalue weighted by molar-refractivity contribution is -0.367. The van der Waals surface area contributed by atoms with E-state index in [4.69, 9.17) is 4.74 Å². The number of rotatable bonds is 5. The second-order valence-electron chi connectivity index (χ2n) is 4.85. The third-order valence-corrected chi connectivity index (χ3v) is 5.73. The molecular weight excluding hydrogens is 286 g/mol. The van der Waals surface area contributed by atoms with Crippen molar-refractivity contribution in [2.24, 2.45) is 0 Å². The molecule has 0 aromatic heterocycles. The van der Waals surface area contributed by atoms with E-state index in [2.05, 4.69) is 5.73 Å². The van der Waals surface area contributed by atoms with Crippen molar-refractivity contribution in [1.82, 2.24) is 0 Å². The predicted molar refractivity (Wildman–Crippen MR) is 81.9 cm³/mol. The number of aryl methyl sites for hydroxylation is 1. The van der Waals surface area contributed by atoms with Crippen LogP contribution in [-0.4, -0.2) is 22.1 Å². The number of quaternary nitrogens is 1. The minimum Gasteiger partial charge on any atom is -0.497 e. The summed E-state index contributed by atoms with van der Waals surface area (Å²) in [5.74, 6) is 0.635. The summed E-state index contributed by atoms with van der Waals surface area (Å²) in [6.07, 6.45) is 0. The molecule has 0 aliphatic carbocycles. The second-order valence-corrected chi connectivity index (χ2v) is 6.98. The zero-order chi connectivity index (χ0) is 15.5. The average molecular weight is 306 g/mol. The molecule has 0 unspecified atom stereocenters. The lowest BCUT2D eigenvalue weighted by atomic mass is 10.1. The number of sulfone groups is 1. The quantitative estimate of drug-likeness (QED) is 0.915. The summed E-state index contributed by atoms with van der Waals surface area (Å²) in [4.78, 5) is 0.292. The molecule has 0 saturated carbocycles. The van der Waals surface area contributed by atoms with E-state index in [0.29, 0.717) is 17.2 Å². The average Bonchev–Trinajstić information content (AvgIpc) is 2.50. The molecule has 2 aromatic rings. The van der Waals surface area contributed by atoms with Crippen LogP contribution in [0.15, 0.2) is 53.4 Å². The highest BCUT2D eigenvalue weighted by Crippen LogP contribution is 2.30. The summed E-state index contributed by atoms with van der Waals surface area (Å²) in [5, 5.41) is -0.632. The molecule has 21 heavy (non-hydrogen) atoms. The standard InChI is InChI=1S/C16H19NO3S/c1-12-5-3-4-6-15(12)16(11-17)21(18,19)14-9-7-13(20-2)8-10-14/h3-10,16H,11,17H2,1-2H3/p+1/t16-/m1/s1. The molecular formula is C16H20NO3S+. The molecule has 0 heterocycles. The Labute approximate surface area is 125 Å². The van der Waals surface area contributed by atoms with Crippen molar-refractivity contribution in [2.45, 2.75) is 17.1 Å². The van der Waals surface area contributed by atoms with Crippen LogP contribution < -0.4 is 10.5 Å². The van der Waals surface area contributed by atoms with Crippen LogP contribution in [0.2, 0.25) is 0 Å². The minimum atomic E-state index is -3.47. The van der Waals surface area contributed by atoms with Crippen molar-refractivity contribution < 1.29 is 18.9 Å². The largest absolute Gasteiger partial charge is 0.497 e. The van der Waals surface area contributed by atoms with Gasteiger partial charge in [0.15, 0.2) is 9.84 Å². The lowest BCUT2D eigenvalue weighted by Crippen LogP contribution is -2.54. The number of methoxy groups -OCH3 is 1. The highest BCUT2D eigenvalue weighted by Gasteiger charge is 2.30. The molecule has 2 rings (SSSR count). The summed E-state index contributed by atoms with van der Waals surface area (Å²) < 4.78 is 30.7. The maximum Gasteiger partial charge on any atom is 0.190 e. The molecule has 0 saturated heterocycles. The smallest absolute Gasteiger partial charge is 0.190 e. The molecule has 0 aliphatic heterocycles. The summed E-state index contributed by atoms with van der Waals surface area (Å²) in [5.41, 5.74) is 5.60. The monoisotopic (exact) mass is 306 g/mol. The van der Waals surface area contributed by atoms with Crippen molar-refractivity contribution in [2.75, 3.05) is 13.7 Å². The molecule has 3 N–H and O–H groups in total. The van der Waals surface area contributed by atoms with Gasteiger partial charge in [-0.3, -0.25) is 0 Å². The lowest BCUT2D eigenvalue weighted by Gasteiger charge is -2.17. The van der Waals surface area contributed by atoms with E-state index in [1.54, 1.807) is 31.4 Å². The first-order chi connectivity index (χ1) is 10.0.